The third-order valence-electron chi connectivity index (χ3n) is 3.43. The highest BCUT2D eigenvalue weighted by molar-refractivity contribution is 7.89. The quantitative estimate of drug-likeness (QED) is 0.614. The molecule has 1 rings (SSSR count). The lowest BCUT2D eigenvalue weighted by Crippen LogP contribution is -2.31. The summed E-state index contributed by atoms with van der Waals surface area (Å²) in [6, 6.07) is 4.04. The lowest BCUT2D eigenvalue weighted by atomic mass is 9.99. The maximum atomic E-state index is 12.4. The summed E-state index contributed by atoms with van der Waals surface area (Å²) >= 11 is 0. The van der Waals surface area contributed by atoms with Crippen molar-refractivity contribution in [3.63, 3.8) is 0 Å². The van der Waals surface area contributed by atoms with Crippen LogP contribution in [0, 0.1) is 11.8 Å². The van der Waals surface area contributed by atoms with Crippen molar-refractivity contribution in [3.8, 4) is 0 Å². The van der Waals surface area contributed by atoms with Crippen LogP contribution >= 0.6 is 0 Å². The van der Waals surface area contributed by atoms with Crippen molar-refractivity contribution in [2.24, 2.45) is 11.8 Å². The average Bonchev–Trinajstić information content (AvgIpc) is 2.43. The Balaban J connectivity index is 3.11. The first kappa shape index (κ1) is 17.5. The molecule has 118 valence electrons. The van der Waals surface area contributed by atoms with E-state index in [9.17, 15) is 13.2 Å². The summed E-state index contributed by atoms with van der Waals surface area (Å²) < 4.78 is 31.8. The van der Waals surface area contributed by atoms with E-state index in [1.165, 1.54) is 25.3 Å². The molecule has 0 fully saturated rings. The van der Waals surface area contributed by atoms with Gasteiger partial charge in [-0.05, 0) is 30.0 Å². The van der Waals surface area contributed by atoms with Crippen LogP contribution in [0.4, 0.5) is 5.69 Å². The van der Waals surface area contributed by atoms with Gasteiger partial charge in [0, 0.05) is 12.2 Å². The Morgan fingerprint density at radius 3 is 2.48 bits per heavy atom. The summed E-state index contributed by atoms with van der Waals surface area (Å²) in [7, 11) is -2.61. The summed E-state index contributed by atoms with van der Waals surface area (Å²) in [5, 5.41) is 0. The lowest BCUT2D eigenvalue weighted by Gasteiger charge is -2.17. The van der Waals surface area contributed by atoms with Crippen molar-refractivity contribution >= 4 is 21.7 Å². The van der Waals surface area contributed by atoms with E-state index in [1.54, 1.807) is 0 Å². The molecule has 0 aromatic heterocycles. The largest absolute Gasteiger partial charge is 0.465 e. The van der Waals surface area contributed by atoms with Crippen LogP contribution in [0.3, 0.4) is 0 Å². The van der Waals surface area contributed by atoms with Crippen LogP contribution in [0.1, 0.15) is 31.1 Å². The van der Waals surface area contributed by atoms with Gasteiger partial charge >= 0.3 is 5.97 Å². The topological polar surface area (TPSA) is 98.5 Å². The van der Waals surface area contributed by atoms with E-state index in [2.05, 4.69) is 9.46 Å². The van der Waals surface area contributed by atoms with Crippen molar-refractivity contribution in [2.75, 3.05) is 19.4 Å². The summed E-state index contributed by atoms with van der Waals surface area (Å²) in [6.45, 7) is 6.28. The van der Waals surface area contributed by atoms with Crippen molar-refractivity contribution in [2.45, 2.75) is 25.7 Å². The van der Waals surface area contributed by atoms with Gasteiger partial charge in [0.05, 0.1) is 17.6 Å². The zero-order valence-electron chi connectivity index (χ0n) is 12.7. The van der Waals surface area contributed by atoms with Gasteiger partial charge in [-0.1, -0.05) is 20.8 Å². The summed E-state index contributed by atoms with van der Waals surface area (Å²) in [4.78, 5) is 11.6. The minimum Gasteiger partial charge on any atom is -0.465 e. The minimum atomic E-state index is -3.80. The molecule has 1 aromatic rings. The Hall–Kier alpha value is -1.60. The van der Waals surface area contributed by atoms with Crippen LogP contribution in [-0.2, 0) is 14.8 Å². The van der Waals surface area contributed by atoms with Crippen LogP contribution in [0.5, 0.6) is 0 Å². The van der Waals surface area contributed by atoms with Gasteiger partial charge in [-0.3, -0.25) is 0 Å². The van der Waals surface area contributed by atoms with E-state index in [1.807, 2.05) is 20.8 Å². The molecule has 1 unspecified atom stereocenters. The van der Waals surface area contributed by atoms with E-state index in [4.69, 9.17) is 5.73 Å². The number of methoxy groups -OCH3 is 1. The highest BCUT2D eigenvalue weighted by Gasteiger charge is 2.24. The Morgan fingerprint density at radius 1 is 1.33 bits per heavy atom. The van der Waals surface area contributed by atoms with Gasteiger partial charge < -0.3 is 10.5 Å². The number of esters is 1. The van der Waals surface area contributed by atoms with Crippen molar-refractivity contribution in [3.05, 3.63) is 23.8 Å². The molecule has 21 heavy (non-hydrogen) atoms. The fourth-order valence-corrected chi connectivity index (χ4v) is 2.92. The molecule has 1 aromatic carbocycles. The van der Waals surface area contributed by atoms with Gasteiger partial charge in [0.1, 0.15) is 0 Å². The smallest absolute Gasteiger partial charge is 0.339 e. The van der Waals surface area contributed by atoms with Gasteiger partial charge in [0.25, 0.3) is 0 Å². The molecule has 0 spiro atoms. The number of anilines is 1. The Kier molecular flexibility index (Phi) is 5.74. The molecule has 0 aliphatic heterocycles. The SMILES string of the molecule is COC(=O)c1cc(N)ccc1S(=O)(=O)NCC(C)C(C)C. The monoisotopic (exact) mass is 314 g/mol. The molecular weight excluding hydrogens is 292 g/mol. The van der Waals surface area contributed by atoms with Crippen molar-refractivity contribution in [1.29, 1.82) is 0 Å². The maximum Gasteiger partial charge on any atom is 0.339 e. The van der Waals surface area contributed by atoms with Crippen LogP contribution in [0.25, 0.3) is 0 Å². The number of nitrogens with one attached hydrogen (secondary N) is 1. The Morgan fingerprint density at radius 2 is 1.95 bits per heavy atom. The predicted octanol–water partition coefficient (Wildman–Crippen LogP) is 1.63. The number of rotatable bonds is 6. The molecule has 6 nitrogen and oxygen atoms in total. The second kappa shape index (κ2) is 6.91. The van der Waals surface area contributed by atoms with Crippen molar-refractivity contribution in [1.82, 2.24) is 4.72 Å². The van der Waals surface area contributed by atoms with E-state index in [-0.39, 0.29) is 16.4 Å². The Bertz CT molecular complexity index is 611. The number of benzene rings is 1. The van der Waals surface area contributed by atoms with E-state index in [0.717, 1.165) is 0 Å². The van der Waals surface area contributed by atoms with Crippen LogP contribution in [-0.4, -0.2) is 28.0 Å². The normalized spacial score (nSPS) is 13.2. The molecule has 0 saturated heterocycles. The van der Waals surface area contributed by atoms with Crippen molar-refractivity contribution < 1.29 is 17.9 Å². The molecule has 7 heteroatoms. The molecule has 0 aliphatic carbocycles. The molecule has 0 radical (unpaired) electrons. The van der Waals surface area contributed by atoms with Gasteiger partial charge in [-0.2, -0.15) is 0 Å². The number of carbonyl (C=O) groups is 1. The van der Waals surface area contributed by atoms with E-state index < -0.39 is 16.0 Å². The molecule has 3 N–H and O–H groups in total. The first-order chi connectivity index (χ1) is 9.69. The first-order valence-electron chi connectivity index (χ1n) is 6.66. The third-order valence-corrected chi connectivity index (χ3v) is 4.91. The molecule has 0 heterocycles. The van der Waals surface area contributed by atoms with E-state index >= 15 is 0 Å². The zero-order chi connectivity index (χ0) is 16.2. The highest BCUT2D eigenvalue weighted by atomic mass is 32.2. The van der Waals surface area contributed by atoms with E-state index in [0.29, 0.717) is 18.2 Å². The lowest BCUT2D eigenvalue weighted by molar-refractivity contribution is 0.0596. The van der Waals surface area contributed by atoms with Crippen LogP contribution < -0.4 is 10.5 Å². The number of hydrogen-bond donors (Lipinski definition) is 2. The molecular formula is C14H22N2O4S. The van der Waals surface area contributed by atoms with Crippen LogP contribution in [0.15, 0.2) is 23.1 Å². The Labute approximate surface area is 125 Å². The standard InChI is InChI=1S/C14H22N2O4S/c1-9(2)10(3)8-16-21(18,19)13-6-5-11(15)7-12(13)14(17)20-4/h5-7,9-10,16H,8,15H2,1-4H3. The molecule has 0 bridgehead atoms. The van der Waals surface area contributed by atoms with Gasteiger partial charge in [-0.25, -0.2) is 17.9 Å². The number of sulfonamides is 1. The fourth-order valence-electron chi connectivity index (χ4n) is 1.61. The second-order valence-corrected chi connectivity index (χ2v) is 7.06. The summed E-state index contributed by atoms with van der Waals surface area (Å²) in [5.41, 5.74) is 5.83. The summed E-state index contributed by atoms with van der Waals surface area (Å²) in [6.07, 6.45) is 0. The minimum absolute atomic E-state index is 0.0674. The number of carbonyl (C=O) groups excluding carboxylic acids is 1. The molecule has 0 aliphatic rings. The van der Waals surface area contributed by atoms with Gasteiger partial charge in [-0.15, -0.1) is 0 Å². The average molecular weight is 314 g/mol. The molecule has 1 atom stereocenters. The number of ether oxygens (including phenoxy) is 1. The molecule has 0 saturated carbocycles. The number of hydrogen-bond acceptors (Lipinski definition) is 5. The van der Waals surface area contributed by atoms with Gasteiger partial charge in [0.15, 0.2) is 0 Å². The zero-order valence-corrected chi connectivity index (χ0v) is 13.5. The summed E-state index contributed by atoms with van der Waals surface area (Å²) in [5.74, 6) is -0.214. The number of nitrogens with two attached hydrogens (primary N) is 1. The van der Waals surface area contributed by atoms with Crippen LogP contribution in [0.2, 0.25) is 0 Å². The fraction of sp³-hybridized carbons (Fsp3) is 0.500. The molecule has 0 amide bonds. The highest BCUT2D eigenvalue weighted by Crippen LogP contribution is 2.20. The second-order valence-electron chi connectivity index (χ2n) is 5.32. The maximum absolute atomic E-state index is 12.4. The first-order valence-corrected chi connectivity index (χ1v) is 8.15. The number of nitrogen functional groups attached to an aromatic ring is 1. The van der Waals surface area contributed by atoms with Gasteiger partial charge in [0.2, 0.25) is 10.0 Å². The predicted molar refractivity (Wildman–Crippen MR) is 81.4 cm³/mol. The third kappa shape index (κ3) is 4.44.